The van der Waals surface area contributed by atoms with Gasteiger partial charge in [-0.2, -0.15) is 0 Å². The molecule has 1 amide bonds. The standard InChI is InChI=1S/C17H24N2O3/c1-11-9-19(10-12(2)22-11)13(3)17(21)18-16-7-5-15(6-8-16)14(4)20/h5-8,11-13H,9-10H2,1-4H3,(H,18,21)/p+1/t11-,12+,13-/m0/s1. The first-order valence-electron chi connectivity index (χ1n) is 7.78. The molecule has 1 saturated heterocycles. The van der Waals surface area contributed by atoms with Gasteiger partial charge in [0, 0.05) is 11.3 Å². The van der Waals surface area contributed by atoms with E-state index in [0.29, 0.717) is 5.56 Å². The third-order valence-corrected chi connectivity index (χ3v) is 4.13. The molecule has 2 N–H and O–H groups in total. The third-order valence-electron chi connectivity index (χ3n) is 4.13. The SMILES string of the molecule is CC(=O)c1ccc(NC(=O)[C@H](C)[NH+]2C[C@@H](C)O[C@@H](C)C2)cc1. The van der Waals surface area contributed by atoms with E-state index in [1.807, 2.05) is 20.8 Å². The van der Waals surface area contributed by atoms with Crippen LogP contribution in [0.15, 0.2) is 24.3 Å². The summed E-state index contributed by atoms with van der Waals surface area (Å²) in [5, 5.41) is 2.92. The maximum atomic E-state index is 12.4. The number of nitrogens with one attached hydrogen (secondary N) is 2. The summed E-state index contributed by atoms with van der Waals surface area (Å²) in [4.78, 5) is 24.9. The molecule has 1 heterocycles. The van der Waals surface area contributed by atoms with Gasteiger partial charge in [-0.15, -0.1) is 0 Å². The minimum atomic E-state index is -0.138. The second-order valence-corrected chi connectivity index (χ2v) is 6.17. The van der Waals surface area contributed by atoms with E-state index < -0.39 is 0 Å². The zero-order chi connectivity index (χ0) is 16.3. The number of amides is 1. The van der Waals surface area contributed by atoms with Crippen LogP contribution in [-0.2, 0) is 9.53 Å². The van der Waals surface area contributed by atoms with E-state index in [4.69, 9.17) is 4.74 Å². The number of carbonyl (C=O) groups is 2. The maximum Gasteiger partial charge on any atom is 0.282 e. The van der Waals surface area contributed by atoms with E-state index in [1.54, 1.807) is 24.3 Å². The fraction of sp³-hybridized carbons (Fsp3) is 0.529. The smallest absolute Gasteiger partial charge is 0.282 e. The zero-order valence-electron chi connectivity index (χ0n) is 13.7. The Bertz CT molecular complexity index is 531. The molecule has 4 atom stereocenters. The molecule has 1 aliphatic rings. The molecule has 5 nitrogen and oxygen atoms in total. The summed E-state index contributed by atoms with van der Waals surface area (Å²) >= 11 is 0. The van der Waals surface area contributed by atoms with E-state index in [2.05, 4.69) is 5.32 Å². The molecular formula is C17H25N2O3+. The molecule has 0 aromatic heterocycles. The summed E-state index contributed by atoms with van der Waals surface area (Å²) < 4.78 is 5.72. The van der Waals surface area contributed by atoms with Crippen molar-refractivity contribution in [2.24, 2.45) is 0 Å². The number of ether oxygens (including phenoxy) is 1. The van der Waals surface area contributed by atoms with Crippen molar-refractivity contribution in [1.29, 1.82) is 0 Å². The highest BCUT2D eigenvalue weighted by molar-refractivity contribution is 5.96. The van der Waals surface area contributed by atoms with Crippen LogP contribution in [0, 0.1) is 0 Å². The van der Waals surface area contributed by atoms with Crippen LogP contribution >= 0.6 is 0 Å². The van der Waals surface area contributed by atoms with Gasteiger partial charge in [-0.05, 0) is 52.0 Å². The predicted molar refractivity (Wildman–Crippen MR) is 85.2 cm³/mol. The van der Waals surface area contributed by atoms with E-state index in [0.717, 1.165) is 18.8 Å². The van der Waals surface area contributed by atoms with Crippen LogP contribution in [0.4, 0.5) is 5.69 Å². The molecule has 1 aromatic rings. The molecule has 0 spiro atoms. The fourth-order valence-corrected chi connectivity index (χ4v) is 2.89. The van der Waals surface area contributed by atoms with Crippen LogP contribution < -0.4 is 10.2 Å². The number of anilines is 1. The lowest BCUT2D eigenvalue weighted by Gasteiger charge is -2.35. The van der Waals surface area contributed by atoms with E-state index >= 15 is 0 Å². The Balaban J connectivity index is 1.97. The maximum absolute atomic E-state index is 12.4. The van der Waals surface area contributed by atoms with Crippen molar-refractivity contribution in [1.82, 2.24) is 0 Å². The molecule has 1 aromatic carbocycles. The van der Waals surface area contributed by atoms with Crippen molar-refractivity contribution in [3.8, 4) is 0 Å². The highest BCUT2D eigenvalue weighted by Crippen LogP contribution is 2.10. The monoisotopic (exact) mass is 305 g/mol. The van der Waals surface area contributed by atoms with Crippen LogP contribution in [-0.4, -0.2) is 43.0 Å². The van der Waals surface area contributed by atoms with Crippen LogP contribution in [0.3, 0.4) is 0 Å². The summed E-state index contributed by atoms with van der Waals surface area (Å²) in [5.41, 5.74) is 1.36. The van der Waals surface area contributed by atoms with Gasteiger partial charge in [-0.3, -0.25) is 9.59 Å². The first-order valence-corrected chi connectivity index (χ1v) is 7.78. The normalized spacial score (nSPS) is 26.3. The Labute approximate surface area is 131 Å². The van der Waals surface area contributed by atoms with Crippen LogP contribution in [0.1, 0.15) is 38.1 Å². The van der Waals surface area contributed by atoms with Crippen molar-refractivity contribution >= 4 is 17.4 Å². The Morgan fingerprint density at radius 2 is 1.73 bits per heavy atom. The van der Waals surface area contributed by atoms with Gasteiger partial charge in [-0.25, -0.2) is 0 Å². The summed E-state index contributed by atoms with van der Waals surface area (Å²) in [6.45, 7) is 9.23. The predicted octanol–water partition coefficient (Wildman–Crippen LogP) is 0.908. The van der Waals surface area contributed by atoms with E-state index in [-0.39, 0.29) is 29.9 Å². The molecule has 0 aliphatic carbocycles. The van der Waals surface area contributed by atoms with Gasteiger partial charge in [0.25, 0.3) is 5.91 Å². The summed E-state index contributed by atoms with van der Waals surface area (Å²) in [6.07, 6.45) is 0.340. The van der Waals surface area contributed by atoms with Gasteiger partial charge >= 0.3 is 0 Å². The topological polar surface area (TPSA) is 59.8 Å². The summed E-state index contributed by atoms with van der Waals surface area (Å²) in [7, 11) is 0. The number of benzene rings is 1. The second kappa shape index (κ2) is 7.03. The van der Waals surface area contributed by atoms with Crippen molar-refractivity contribution < 1.29 is 19.2 Å². The molecule has 0 saturated carbocycles. The fourth-order valence-electron chi connectivity index (χ4n) is 2.89. The van der Waals surface area contributed by atoms with Crippen molar-refractivity contribution in [3.63, 3.8) is 0 Å². The van der Waals surface area contributed by atoms with Gasteiger partial charge in [-0.1, -0.05) is 0 Å². The minimum absolute atomic E-state index is 0.00752. The molecular weight excluding hydrogens is 280 g/mol. The van der Waals surface area contributed by atoms with E-state index in [1.165, 1.54) is 11.8 Å². The first-order chi connectivity index (χ1) is 10.4. The number of morpholine rings is 1. The van der Waals surface area contributed by atoms with Crippen molar-refractivity contribution in [2.45, 2.75) is 45.9 Å². The average molecular weight is 305 g/mol. The van der Waals surface area contributed by atoms with Gasteiger partial charge < -0.3 is 15.0 Å². The number of Topliss-reactive ketones (excluding diaryl/α,β-unsaturated/α-hetero) is 1. The van der Waals surface area contributed by atoms with Crippen molar-refractivity contribution in [2.75, 3.05) is 18.4 Å². The Kier molecular flexibility index (Phi) is 5.32. The molecule has 2 rings (SSSR count). The molecule has 1 unspecified atom stereocenters. The Morgan fingerprint density at radius 1 is 1.18 bits per heavy atom. The largest absolute Gasteiger partial charge is 0.364 e. The Morgan fingerprint density at radius 3 is 2.23 bits per heavy atom. The zero-order valence-corrected chi connectivity index (χ0v) is 13.7. The lowest BCUT2D eigenvalue weighted by Crippen LogP contribution is -3.19. The average Bonchev–Trinajstić information content (AvgIpc) is 2.46. The van der Waals surface area contributed by atoms with Gasteiger partial charge in [0.2, 0.25) is 0 Å². The first kappa shape index (κ1) is 16.6. The molecule has 0 bridgehead atoms. The second-order valence-electron chi connectivity index (χ2n) is 6.17. The minimum Gasteiger partial charge on any atom is -0.364 e. The molecule has 0 radical (unpaired) electrons. The molecule has 5 heteroatoms. The molecule has 120 valence electrons. The number of hydrogen-bond donors (Lipinski definition) is 2. The van der Waals surface area contributed by atoms with Gasteiger partial charge in [0.1, 0.15) is 25.3 Å². The van der Waals surface area contributed by atoms with Crippen LogP contribution in [0.5, 0.6) is 0 Å². The van der Waals surface area contributed by atoms with Crippen LogP contribution in [0.2, 0.25) is 0 Å². The number of ketones is 1. The lowest BCUT2D eigenvalue weighted by molar-refractivity contribution is -0.928. The number of quaternary nitrogens is 1. The summed E-state index contributed by atoms with van der Waals surface area (Å²) in [6, 6.07) is 6.85. The van der Waals surface area contributed by atoms with Crippen LogP contribution in [0.25, 0.3) is 0 Å². The summed E-state index contributed by atoms with van der Waals surface area (Å²) in [5.74, 6) is 0.0128. The number of hydrogen-bond acceptors (Lipinski definition) is 3. The number of carbonyl (C=O) groups excluding carboxylic acids is 2. The van der Waals surface area contributed by atoms with Crippen molar-refractivity contribution in [3.05, 3.63) is 29.8 Å². The van der Waals surface area contributed by atoms with Gasteiger partial charge in [0.05, 0.1) is 0 Å². The van der Waals surface area contributed by atoms with Gasteiger partial charge in [0.15, 0.2) is 11.8 Å². The highest BCUT2D eigenvalue weighted by atomic mass is 16.5. The lowest BCUT2D eigenvalue weighted by atomic mass is 10.1. The molecule has 1 aliphatic heterocycles. The molecule has 22 heavy (non-hydrogen) atoms. The molecule has 1 fully saturated rings. The third kappa shape index (κ3) is 4.15. The highest BCUT2D eigenvalue weighted by Gasteiger charge is 2.32. The number of rotatable bonds is 4. The Hall–Kier alpha value is -1.72. The quantitative estimate of drug-likeness (QED) is 0.813. The van der Waals surface area contributed by atoms with E-state index in [9.17, 15) is 9.59 Å².